The topological polar surface area (TPSA) is 112 Å². The Kier molecular flexibility index (Phi) is 4.35. The summed E-state index contributed by atoms with van der Waals surface area (Å²) in [5.74, 6) is 0.184. The Morgan fingerprint density at radius 3 is 2.56 bits per heavy atom. The van der Waals surface area contributed by atoms with Crippen LogP contribution in [0.15, 0.2) is 4.79 Å². The first-order valence-corrected chi connectivity index (χ1v) is 7.22. The lowest BCUT2D eigenvalue weighted by Crippen LogP contribution is -2.40. The van der Waals surface area contributed by atoms with E-state index in [4.69, 9.17) is 15.5 Å². The normalized spacial score (nSPS) is 11.3. The van der Waals surface area contributed by atoms with Crippen molar-refractivity contribution in [2.24, 2.45) is 0 Å². The standard InChI is InChI=1S/C7H11ClN4O5S/c1-3-5-9-11(6(13)10-18(8,15)16)7(14)12(5)17-4-2/h3-4H2,1-2H3,(H,10,13). The van der Waals surface area contributed by atoms with E-state index >= 15 is 0 Å². The largest absolute Gasteiger partial charge is 0.408 e. The first-order valence-electron chi connectivity index (χ1n) is 4.91. The molecule has 0 unspecified atom stereocenters. The molecular formula is C7H11ClN4O5S. The highest BCUT2D eigenvalue weighted by atomic mass is 35.7. The van der Waals surface area contributed by atoms with Crippen LogP contribution in [0.5, 0.6) is 0 Å². The van der Waals surface area contributed by atoms with E-state index < -0.39 is 21.0 Å². The van der Waals surface area contributed by atoms with E-state index in [1.165, 1.54) is 4.72 Å². The van der Waals surface area contributed by atoms with Gasteiger partial charge in [0.15, 0.2) is 5.82 Å². The molecular weight excluding hydrogens is 288 g/mol. The van der Waals surface area contributed by atoms with Crippen LogP contribution in [-0.4, -0.2) is 35.6 Å². The third kappa shape index (κ3) is 3.23. The van der Waals surface area contributed by atoms with E-state index in [1.54, 1.807) is 13.8 Å². The Hall–Kier alpha value is -1.55. The summed E-state index contributed by atoms with van der Waals surface area (Å²) in [7, 11) is 0.543. The average Bonchev–Trinajstić information content (AvgIpc) is 2.55. The van der Waals surface area contributed by atoms with E-state index in [2.05, 4.69) is 5.10 Å². The van der Waals surface area contributed by atoms with Crippen LogP contribution in [0.2, 0.25) is 0 Å². The number of nitrogens with zero attached hydrogens (tertiary/aromatic N) is 3. The fourth-order valence-electron chi connectivity index (χ4n) is 1.15. The molecule has 0 aromatic carbocycles. The second-order valence-electron chi connectivity index (χ2n) is 3.02. The fourth-order valence-corrected chi connectivity index (χ4v) is 1.64. The Morgan fingerprint density at radius 1 is 1.50 bits per heavy atom. The van der Waals surface area contributed by atoms with Crippen LogP contribution in [0.3, 0.4) is 0 Å². The predicted molar refractivity (Wildman–Crippen MR) is 61.7 cm³/mol. The van der Waals surface area contributed by atoms with Crippen molar-refractivity contribution in [3.8, 4) is 0 Å². The maximum absolute atomic E-state index is 11.7. The first-order chi connectivity index (χ1) is 8.30. The quantitative estimate of drug-likeness (QED) is 0.721. The summed E-state index contributed by atoms with van der Waals surface area (Å²) in [6.45, 7) is 3.53. The van der Waals surface area contributed by atoms with Crippen LogP contribution in [0, 0.1) is 0 Å². The van der Waals surface area contributed by atoms with Crippen LogP contribution >= 0.6 is 10.7 Å². The Balaban J connectivity index is 3.19. The lowest BCUT2D eigenvalue weighted by atomic mass is 10.5. The number of nitrogens with one attached hydrogen (secondary N) is 1. The number of carbonyl (C=O) groups excluding carboxylic acids is 1. The molecule has 0 saturated carbocycles. The smallest absolute Gasteiger partial charge is 0.388 e. The highest BCUT2D eigenvalue weighted by Gasteiger charge is 2.21. The van der Waals surface area contributed by atoms with Crippen molar-refractivity contribution in [3.63, 3.8) is 0 Å². The van der Waals surface area contributed by atoms with Crippen molar-refractivity contribution in [2.45, 2.75) is 20.3 Å². The van der Waals surface area contributed by atoms with E-state index in [0.29, 0.717) is 11.1 Å². The summed E-state index contributed by atoms with van der Waals surface area (Å²) >= 11 is 0. The first kappa shape index (κ1) is 14.5. The van der Waals surface area contributed by atoms with Crippen molar-refractivity contribution in [3.05, 3.63) is 16.3 Å². The Morgan fingerprint density at radius 2 is 2.11 bits per heavy atom. The average molecular weight is 299 g/mol. The van der Waals surface area contributed by atoms with Crippen LogP contribution in [-0.2, 0) is 15.7 Å². The molecule has 9 nitrogen and oxygen atoms in total. The van der Waals surface area contributed by atoms with E-state index in [9.17, 15) is 18.0 Å². The Labute approximate surface area is 107 Å². The molecule has 102 valence electrons. The van der Waals surface area contributed by atoms with Gasteiger partial charge in [-0.1, -0.05) is 6.92 Å². The predicted octanol–water partition coefficient (Wildman–Crippen LogP) is -0.903. The van der Waals surface area contributed by atoms with Gasteiger partial charge in [0.25, 0.3) is 0 Å². The van der Waals surface area contributed by atoms with Gasteiger partial charge in [0.2, 0.25) is 0 Å². The maximum Gasteiger partial charge on any atom is 0.388 e. The van der Waals surface area contributed by atoms with E-state index in [0.717, 1.165) is 4.73 Å². The zero-order valence-corrected chi connectivity index (χ0v) is 11.2. The number of halogens is 1. The molecule has 1 amide bonds. The van der Waals surface area contributed by atoms with Crippen LogP contribution in [0.4, 0.5) is 4.79 Å². The van der Waals surface area contributed by atoms with Gasteiger partial charge in [-0.25, -0.2) is 14.3 Å². The molecule has 0 aliphatic heterocycles. The number of hydrogen-bond acceptors (Lipinski definition) is 6. The number of aromatic nitrogens is 3. The van der Waals surface area contributed by atoms with Crippen molar-refractivity contribution in [1.82, 2.24) is 19.2 Å². The van der Waals surface area contributed by atoms with Crippen molar-refractivity contribution >= 4 is 26.0 Å². The van der Waals surface area contributed by atoms with Crippen LogP contribution in [0.25, 0.3) is 0 Å². The minimum Gasteiger partial charge on any atom is -0.408 e. The number of carbonyl (C=O) groups is 1. The number of amides is 1. The van der Waals surface area contributed by atoms with Gasteiger partial charge in [-0.15, -0.1) is 14.5 Å². The van der Waals surface area contributed by atoms with Crippen molar-refractivity contribution in [1.29, 1.82) is 0 Å². The SMILES string of the molecule is CCOn1c(CC)nn(C(=O)NS(=O)(=O)Cl)c1=O. The zero-order chi connectivity index (χ0) is 13.9. The zero-order valence-electron chi connectivity index (χ0n) is 9.58. The van der Waals surface area contributed by atoms with Crippen molar-refractivity contribution < 1.29 is 18.0 Å². The van der Waals surface area contributed by atoms with Gasteiger partial charge in [-0.3, -0.25) is 0 Å². The lowest BCUT2D eigenvalue weighted by molar-refractivity contribution is 0.106. The second-order valence-corrected chi connectivity index (χ2v) is 5.32. The van der Waals surface area contributed by atoms with Gasteiger partial charge in [0.05, 0.1) is 0 Å². The molecule has 0 aliphatic carbocycles. The molecule has 1 aromatic heterocycles. The number of hydrogen-bond donors (Lipinski definition) is 1. The maximum atomic E-state index is 11.7. The molecule has 1 N–H and O–H groups in total. The fraction of sp³-hybridized carbons (Fsp3) is 0.571. The summed E-state index contributed by atoms with van der Waals surface area (Å²) in [4.78, 5) is 28.1. The van der Waals surface area contributed by atoms with Gasteiger partial charge >= 0.3 is 21.0 Å². The molecule has 0 bridgehead atoms. The summed E-state index contributed by atoms with van der Waals surface area (Å²) < 4.78 is 23.9. The third-order valence-electron chi connectivity index (χ3n) is 1.78. The van der Waals surface area contributed by atoms with Gasteiger partial charge in [-0.2, -0.15) is 8.42 Å². The highest BCUT2D eigenvalue weighted by Crippen LogP contribution is 1.94. The molecule has 0 spiro atoms. The molecule has 0 radical (unpaired) electrons. The molecule has 1 aromatic rings. The summed E-state index contributed by atoms with van der Waals surface area (Å²) in [6.07, 6.45) is 0.323. The van der Waals surface area contributed by atoms with E-state index in [1.807, 2.05) is 0 Å². The molecule has 1 heterocycles. The highest BCUT2D eigenvalue weighted by molar-refractivity contribution is 8.12. The molecule has 0 atom stereocenters. The van der Waals surface area contributed by atoms with Gasteiger partial charge in [-0.05, 0) is 6.92 Å². The minimum atomic E-state index is -4.29. The molecule has 0 aliphatic rings. The van der Waals surface area contributed by atoms with Gasteiger partial charge in [0, 0.05) is 17.1 Å². The van der Waals surface area contributed by atoms with Crippen molar-refractivity contribution in [2.75, 3.05) is 6.61 Å². The molecule has 0 fully saturated rings. The third-order valence-corrected chi connectivity index (χ3v) is 2.43. The number of aryl methyl sites for hydroxylation is 1. The van der Waals surface area contributed by atoms with Gasteiger partial charge in [0.1, 0.15) is 6.61 Å². The van der Waals surface area contributed by atoms with Crippen LogP contribution in [0.1, 0.15) is 19.7 Å². The molecule has 1 rings (SSSR count). The molecule has 0 saturated heterocycles. The summed E-state index contributed by atoms with van der Waals surface area (Å²) in [6, 6.07) is -1.27. The summed E-state index contributed by atoms with van der Waals surface area (Å²) in [5, 5.41) is 3.64. The van der Waals surface area contributed by atoms with E-state index in [-0.39, 0.29) is 12.4 Å². The van der Waals surface area contributed by atoms with Gasteiger partial charge < -0.3 is 4.84 Å². The second kappa shape index (κ2) is 5.40. The molecule has 11 heteroatoms. The van der Waals surface area contributed by atoms with Crippen LogP contribution < -0.4 is 15.2 Å². The minimum absolute atomic E-state index is 0.184. The Bertz CT molecular complexity index is 604. The number of rotatable bonds is 4. The monoisotopic (exact) mass is 298 g/mol. The summed E-state index contributed by atoms with van der Waals surface area (Å²) in [5.41, 5.74) is -0.911. The molecule has 18 heavy (non-hydrogen) atoms. The lowest BCUT2D eigenvalue weighted by Gasteiger charge is -2.02.